The topological polar surface area (TPSA) is 107 Å². The Morgan fingerprint density at radius 2 is 1.62 bits per heavy atom. The van der Waals surface area contributed by atoms with Gasteiger partial charge in [-0.3, -0.25) is 0 Å². The van der Waals surface area contributed by atoms with E-state index in [0.717, 1.165) is 11.1 Å². The number of para-hydroxylation sites is 2. The standard InChI is InChI=1S/C30H35FN2O7/c1-3-39-28(29(34)35)20-22-10-14-25(15-11-22)40-19-17-33(16-18-38-21-23-8-12-24(31)13-9-23)30(36)32-26-6-4-5-7-27(26)37-2/h4-15,28H,3,16-21H2,1-2H3,(H,32,36)(H,34,35). The molecule has 2 amide bonds. The second kappa shape index (κ2) is 16.1. The summed E-state index contributed by atoms with van der Waals surface area (Å²) in [6.45, 7) is 3.40. The summed E-state index contributed by atoms with van der Waals surface area (Å²) < 4.78 is 35.3. The van der Waals surface area contributed by atoms with Gasteiger partial charge in [-0.15, -0.1) is 0 Å². The molecule has 3 rings (SSSR count). The number of hydrogen-bond acceptors (Lipinski definition) is 6. The highest BCUT2D eigenvalue weighted by Gasteiger charge is 2.18. The van der Waals surface area contributed by atoms with Crippen molar-refractivity contribution in [3.8, 4) is 11.5 Å². The maximum atomic E-state index is 13.1. The zero-order valence-electron chi connectivity index (χ0n) is 22.7. The Balaban J connectivity index is 1.56. The number of benzene rings is 3. The van der Waals surface area contributed by atoms with Gasteiger partial charge in [0.05, 0.1) is 32.6 Å². The van der Waals surface area contributed by atoms with Crippen LogP contribution >= 0.6 is 0 Å². The molecule has 0 saturated carbocycles. The number of carboxylic acid groups (broad SMARTS) is 1. The van der Waals surface area contributed by atoms with Crippen LogP contribution < -0.4 is 14.8 Å². The Morgan fingerprint density at radius 3 is 2.30 bits per heavy atom. The molecule has 0 fully saturated rings. The van der Waals surface area contributed by atoms with Gasteiger partial charge in [-0.25, -0.2) is 14.0 Å². The van der Waals surface area contributed by atoms with Gasteiger partial charge < -0.3 is 34.3 Å². The summed E-state index contributed by atoms with van der Waals surface area (Å²) in [4.78, 5) is 26.0. The monoisotopic (exact) mass is 554 g/mol. The van der Waals surface area contributed by atoms with Crippen LogP contribution in [0.2, 0.25) is 0 Å². The third-order valence-corrected chi connectivity index (χ3v) is 5.94. The zero-order valence-corrected chi connectivity index (χ0v) is 22.7. The van der Waals surface area contributed by atoms with Crippen molar-refractivity contribution in [2.24, 2.45) is 0 Å². The van der Waals surface area contributed by atoms with E-state index < -0.39 is 12.1 Å². The molecule has 10 heteroatoms. The molecule has 214 valence electrons. The fourth-order valence-electron chi connectivity index (χ4n) is 3.83. The molecule has 0 heterocycles. The maximum Gasteiger partial charge on any atom is 0.333 e. The minimum atomic E-state index is -1.00. The van der Waals surface area contributed by atoms with Gasteiger partial charge in [0.15, 0.2) is 6.10 Å². The molecule has 0 aliphatic rings. The molecule has 9 nitrogen and oxygen atoms in total. The molecular weight excluding hydrogens is 519 g/mol. The fraction of sp³-hybridized carbons (Fsp3) is 0.333. The van der Waals surface area contributed by atoms with Crippen molar-refractivity contribution in [3.05, 3.63) is 89.7 Å². The van der Waals surface area contributed by atoms with Crippen molar-refractivity contribution in [3.63, 3.8) is 0 Å². The summed E-state index contributed by atoms with van der Waals surface area (Å²) in [6.07, 6.45) is -0.657. The molecule has 0 radical (unpaired) electrons. The van der Waals surface area contributed by atoms with Crippen molar-refractivity contribution in [1.29, 1.82) is 0 Å². The Labute approximate surface area is 233 Å². The van der Waals surface area contributed by atoms with Gasteiger partial charge in [-0.2, -0.15) is 0 Å². The Morgan fingerprint density at radius 1 is 0.950 bits per heavy atom. The Bertz CT molecular complexity index is 1210. The number of hydrogen-bond donors (Lipinski definition) is 2. The third kappa shape index (κ3) is 9.87. The van der Waals surface area contributed by atoms with Crippen LogP contribution in [0.5, 0.6) is 11.5 Å². The average molecular weight is 555 g/mol. The average Bonchev–Trinajstić information content (AvgIpc) is 2.96. The highest BCUT2D eigenvalue weighted by atomic mass is 19.1. The number of nitrogens with zero attached hydrogens (tertiary/aromatic N) is 1. The number of carbonyl (C=O) groups is 2. The van der Waals surface area contributed by atoms with Crippen LogP contribution in [0, 0.1) is 5.82 Å². The van der Waals surface area contributed by atoms with Gasteiger partial charge in [0.1, 0.15) is 23.9 Å². The zero-order chi connectivity index (χ0) is 28.7. The number of carbonyl (C=O) groups excluding carboxylic acids is 1. The lowest BCUT2D eigenvalue weighted by atomic mass is 10.1. The number of rotatable bonds is 16. The summed E-state index contributed by atoms with van der Waals surface area (Å²) >= 11 is 0. The summed E-state index contributed by atoms with van der Waals surface area (Å²) in [5, 5.41) is 12.2. The van der Waals surface area contributed by atoms with Gasteiger partial charge in [0.25, 0.3) is 0 Å². The molecule has 2 N–H and O–H groups in total. The van der Waals surface area contributed by atoms with Gasteiger partial charge in [0, 0.05) is 19.6 Å². The number of methoxy groups -OCH3 is 1. The van der Waals surface area contributed by atoms with Crippen molar-refractivity contribution >= 4 is 17.7 Å². The van der Waals surface area contributed by atoms with Crippen LogP contribution in [-0.4, -0.2) is 68.1 Å². The molecule has 0 bridgehead atoms. The molecular formula is C30H35FN2O7. The highest BCUT2D eigenvalue weighted by molar-refractivity contribution is 5.91. The van der Waals surface area contributed by atoms with E-state index in [-0.39, 0.29) is 44.6 Å². The molecule has 0 aliphatic heterocycles. The fourth-order valence-corrected chi connectivity index (χ4v) is 3.83. The largest absolute Gasteiger partial charge is 0.495 e. The predicted molar refractivity (Wildman–Crippen MR) is 148 cm³/mol. The first-order valence-electron chi connectivity index (χ1n) is 13.0. The van der Waals surface area contributed by atoms with Crippen LogP contribution in [0.1, 0.15) is 18.1 Å². The van der Waals surface area contributed by atoms with E-state index in [4.69, 9.17) is 18.9 Å². The van der Waals surface area contributed by atoms with Crippen molar-refractivity contribution in [1.82, 2.24) is 4.90 Å². The molecule has 1 unspecified atom stereocenters. The molecule has 3 aromatic carbocycles. The lowest BCUT2D eigenvalue weighted by Crippen LogP contribution is -2.40. The van der Waals surface area contributed by atoms with Crippen LogP contribution in [0.15, 0.2) is 72.8 Å². The van der Waals surface area contributed by atoms with E-state index in [1.54, 1.807) is 66.4 Å². The van der Waals surface area contributed by atoms with Crippen LogP contribution in [0.4, 0.5) is 14.9 Å². The normalized spacial score (nSPS) is 11.5. The lowest BCUT2D eigenvalue weighted by molar-refractivity contribution is -0.149. The van der Waals surface area contributed by atoms with E-state index >= 15 is 0 Å². The maximum absolute atomic E-state index is 13.1. The summed E-state index contributed by atoms with van der Waals surface area (Å²) in [7, 11) is 1.53. The summed E-state index contributed by atoms with van der Waals surface area (Å²) in [5.74, 6) is -0.193. The first kappa shape index (κ1) is 30.4. The van der Waals surface area contributed by atoms with E-state index in [1.807, 2.05) is 6.07 Å². The Kier molecular flexibility index (Phi) is 12.2. The number of anilines is 1. The van der Waals surface area contributed by atoms with Crippen LogP contribution in [0.3, 0.4) is 0 Å². The number of ether oxygens (including phenoxy) is 4. The number of nitrogens with one attached hydrogen (secondary N) is 1. The third-order valence-electron chi connectivity index (χ3n) is 5.94. The number of amides is 2. The quantitative estimate of drug-likeness (QED) is 0.240. The molecule has 0 spiro atoms. The molecule has 1 atom stereocenters. The second-order valence-electron chi connectivity index (χ2n) is 8.78. The number of carboxylic acids is 1. The van der Waals surface area contributed by atoms with E-state index in [9.17, 15) is 19.1 Å². The smallest absolute Gasteiger partial charge is 0.333 e. The van der Waals surface area contributed by atoms with Crippen LogP contribution in [0.25, 0.3) is 0 Å². The molecule has 0 aliphatic carbocycles. The predicted octanol–water partition coefficient (Wildman–Crippen LogP) is 5.00. The lowest BCUT2D eigenvalue weighted by Gasteiger charge is -2.24. The van der Waals surface area contributed by atoms with Gasteiger partial charge in [0.2, 0.25) is 0 Å². The van der Waals surface area contributed by atoms with E-state index in [1.165, 1.54) is 19.2 Å². The first-order chi connectivity index (χ1) is 19.4. The van der Waals surface area contributed by atoms with Crippen LogP contribution in [-0.2, 0) is 27.3 Å². The number of halogens is 1. The summed E-state index contributed by atoms with van der Waals surface area (Å²) in [5.41, 5.74) is 2.17. The van der Waals surface area contributed by atoms with Gasteiger partial charge >= 0.3 is 12.0 Å². The first-order valence-corrected chi connectivity index (χ1v) is 13.0. The Hall–Kier alpha value is -4.15. The minimum Gasteiger partial charge on any atom is -0.495 e. The molecule has 40 heavy (non-hydrogen) atoms. The summed E-state index contributed by atoms with van der Waals surface area (Å²) in [6, 6.07) is 19.9. The van der Waals surface area contributed by atoms with E-state index in [2.05, 4.69) is 5.32 Å². The van der Waals surface area contributed by atoms with E-state index in [0.29, 0.717) is 30.3 Å². The number of urea groups is 1. The van der Waals surface area contributed by atoms with Crippen molar-refractivity contribution in [2.45, 2.75) is 26.1 Å². The number of aliphatic carboxylic acids is 1. The van der Waals surface area contributed by atoms with Gasteiger partial charge in [-0.1, -0.05) is 36.4 Å². The van der Waals surface area contributed by atoms with Crippen molar-refractivity contribution < 1.29 is 38.0 Å². The highest BCUT2D eigenvalue weighted by Crippen LogP contribution is 2.23. The molecule has 0 aromatic heterocycles. The van der Waals surface area contributed by atoms with Gasteiger partial charge in [-0.05, 0) is 54.4 Å². The SMILES string of the molecule is CCOC(Cc1ccc(OCCN(CCOCc2ccc(F)cc2)C(=O)Nc2ccccc2OC)cc1)C(=O)O. The molecule has 0 saturated heterocycles. The second-order valence-corrected chi connectivity index (χ2v) is 8.78. The van der Waals surface area contributed by atoms with Crippen molar-refractivity contribution in [2.75, 3.05) is 45.3 Å². The minimum absolute atomic E-state index is 0.216. The molecule has 3 aromatic rings.